The van der Waals surface area contributed by atoms with Crippen LogP contribution in [-0.2, 0) is 28.7 Å². The molecule has 222 valence electrons. The number of allylic oxidation sites excluding steroid dienone is 1. The van der Waals surface area contributed by atoms with Crippen molar-refractivity contribution in [1.29, 1.82) is 0 Å². The van der Waals surface area contributed by atoms with Gasteiger partial charge in [0, 0.05) is 19.5 Å². The van der Waals surface area contributed by atoms with Gasteiger partial charge in [-0.2, -0.15) is 0 Å². The summed E-state index contributed by atoms with van der Waals surface area (Å²) in [6.45, 7) is 8.49. The standard InChI is InChI=1S/C30H45N3O7/c1-5-6-9-14-32-15-10-7-8-11-23(35)31-17-20(4)39-29(38)24-22-12-13-30(40-22)25(24)27(36)33(26(30)28(32)37)21(18-34)16-19(2)3/h7,10,12-13,19-22,24-26,34H,5-6,8-9,11,14-18H2,1-4H3,(H,31,35)/b10-7-/t20-,21+,22+,24-,25-,26+,30-/m0/s1. The fourth-order valence-electron chi connectivity index (χ4n) is 6.59. The molecule has 7 atom stereocenters. The number of nitrogens with one attached hydrogen (secondary N) is 1. The van der Waals surface area contributed by atoms with Crippen LogP contribution < -0.4 is 5.32 Å². The number of hydrogen-bond acceptors (Lipinski definition) is 7. The van der Waals surface area contributed by atoms with Gasteiger partial charge in [-0.3, -0.25) is 19.2 Å². The van der Waals surface area contributed by atoms with E-state index in [1.54, 1.807) is 24.0 Å². The second kappa shape index (κ2) is 12.9. The summed E-state index contributed by atoms with van der Waals surface area (Å²) < 4.78 is 12.1. The van der Waals surface area contributed by atoms with E-state index in [4.69, 9.17) is 9.47 Å². The van der Waals surface area contributed by atoms with E-state index >= 15 is 0 Å². The van der Waals surface area contributed by atoms with Gasteiger partial charge in [0.15, 0.2) is 0 Å². The third-order valence-corrected chi connectivity index (χ3v) is 8.44. The molecule has 2 saturated heterocycles. The number of fused-ring (bicyclic) bond motifs is 2. The van der Waals surface area contributed by atoms with E-state index in [-0.39, 0.29) is 43.2 Å². The van der Waals surface area contributed by atoms with Crippen LogP contribution >= 0.6 is 0 Å². The summed E-state index contributed by atoms with van der Waals surface area (Å²) in [4.78, 5) is 57.8. The molecule has 10 nitrogen and oxygen atoms in total. The topological polar surface area (TPSA) is 125 Å². The number of unbranched alkanes of at least 4 members (excludes halogenated alkanes) is 2. The number of esters is 1. The van der Waals surface area contributed by atoms with E-state index in [9.17, 15) is 24.3 Å². The average molecular weight is 560 g/mol. The van der Waals surface area contributed by atoms with Gasteiger partial charge in [-0.15, -0.1) is 0 Å². The Balaban J connectivity index is 1.77. The zero-order chi connectivity index (χ0) is 29.0. The van der Waals surface area contributed by atoms with Gasteiger partial charge >= 0.3 is 5.97 Å². The largest absolute Gasteiger partial charge is 0.460 e. The Labute approximate surface area is 237 Å². The normalized spacial score (nSPS) is 34.3. The Bertz CT molecular complexity index is 1030. The maximum absolute atomic E-state index is 14.5. The number of likely N-dealkylation sites (tertiary alicyclic amines) is 1. The average Bonchev–Trinajstić information content (AvgIpc) is 3.56. The Kier molecular flexibility index (Phi) is 9.72. The minimum atomic E-state index is -1.31. The van der Waals surface area contributed by atoms with Crippen molar-refractivity contribution in [1.82, 2.24) is 15.1 Å². The molecule has 4 heterocycles. The van der Waals surface area contributed by atoms with Gasteiger partial charge in [0.25, 0.3) is 0 Å². The molecular weight excluding hydrogens is 514 g/mol. The van der Waals surface area contributed by atoms with Crippen LogP contribution in [0.1, 0.15) is 66.2 Å². The molecular formula is C30H45N3O7. The number of aliphatic hydroxyl groups is 1. The van der Waals surface area contributed by atoms with Gasteiger partial charge in [-0.25, -0.2) is 0 Å². The zero-order valence-corrected chi connectivity index (χ0v) is 24.2. The smallest absolute Gasteiger partial charge is 0.313 e. The van der Waals surface area contributed by atoms with Crippen molar-refractivity contribution in [3.8, 4) is 0 Å². The van der Waals surface area contributed by atoms with Crippen LogP contribution in [0.25, 0.3) is 0 Å². The minimum Gasteiger partial charge on any atom is -0.460 e. The Morgan fingerprint density at radius 1 is 1.15 bits per heavy atom. The Hall–Kier alpha value is -2.72. The van der Waals surface area contributed by atoms with E-state index in [2.05, 4.69) is 12.2 Å². The lowest BCUT2D eigenvalue weighted by atomic mass is 9.74. The summed E-state index contributed by atoms with van der Waals surface area (Å²) in [5.41, 5.74) is -1.31. The molecule has 2 fully saturated rings. The number of rotatable bonds is 8. The number of carbonyl (C=O) groups is 4. The zero-order valence-electron chi connectivity index (χ0n) is 24.2. The molecule has 0 saturated carbocycles. The van der Waals surface area contributed by atoms with Crippen LogP contribution in [0.15, 0.2) is 24.3 Å². The van der Waals surface area contributed by atoms with Gasteiger partial charge in [0.2, 0.25) is 17.7 Å². The van der Waals surface area contributed by atoms with Crippen molar-refractivity contribution in [3.05, 3.63) is 24.3 Å². The molecule has 0 aromatic heterocycles. The van der Waals surface area contributed by atoms with E-state index in [0.29, 0.717) is 25.9 Å². The fourth-order valence-corrected chi connectivity index (χ4v) is 6.59. The van der Waals surface area contributed by atoms with E-state index in [1.807, 2.05) is 26.0 Å². The second-order valence-electron chi connectivity index (χ2n) is 12.0. The lowest BCUT2D eigenvalue weighted by Crippen LogP contribution is -2.58. The summed E-state index contributed by atoms with van der Waals surface area (Å²) in [6.07, 6.45) is 10.1. The Morgan fingerprint density at radius 3 is 2.62 bits per heavy atom. The summed E-state index contributed by atoms with van der Waals surface area (Å²) in [5.74, 6) is -3.04. The first-order valence-electron chi connectivity index (χ1n) is 14.9. The van der Waals surface area contributed by atoms with Crippen LogP contribution in [0.4, 0.5) is 0 Å². The van der Waals surface area contributed by atoms with Crippen molar-refractivity contribution in [2.24, 2.45) is 17.8 Å². The van der Waals surface area contributed by atoms with Crippen molar-refractivity contribution >= 4 is 23.7 Å². The molecule has 2 N–H and O–H groups in total. The Morgan fingerprint density at radius 2 is 1.93 bits per heavy atom. The summed E-state index contributed by atoms with van der Waals surface area (Å²) in [6, 6.07) is -1.60. The van der Waals surface area contributed by atoms with Gasteiger partial charge in [-0.1, -0.05) is 57.9 Å². The van der Waals surface area contributed by atoms with Gasteiger partial charge in [0.1, 0.15) is 23.7 Å². The first-order valence-corrected chi connectivity index (χ1v) is 14.9. The molecule has 4 aliphatic rings. The molecule has 0 aliphatic carbocycles. The second-order valence-corrected chi connectivity index (χ2v) is 12.0. The number of carbonyl (C=O) groups excluding carboxylic acids is 4. The highest BCUT2D eigenvalue weighted by molar-refractivity contribution is 5.99. The van der Waals surface area contributed by atoms with Crippen molar-refractivity contribution in [2.75, 3.05) is 26.2 Å². The van der Waals surface area contributed by atoms with Crippen molar-refractivity contribution in [3.63, 3.8) is 0 Å². The predicted molar refractivity (Wildman–Crippen MR) is 148 cm³/mol. The van der Waals surface area contributed by atoms with Gasteiger partial charge in [0.05, 0.1) is 31.2 Å². The number of aliphatic hydroxyl groups excluding tert-OH is 1. The van der Waals surface area contributed by atoms with Crippen LogP contribution in [0.5, 0.6) is 0 Å². The van der Waals surface area contributed by atoms with Gasteiger partial charge < -0.3 is 29.7 Å². The van der Waals surface area contributed by atoms with E-state index in [0.717, 1.165) is 19.3 Å². The third-order valence-electron chi connectivity index (χ3n) is 8.44. The summed E-state index contributed by atoms with van der Waals surface area (Å²) in [5, 5.41) is 13.2. The monoisotopic (exact) mass is 559 g/mol. The van der Waals surface area contributed by atoms with Crippen LogP contribution in [0, 0.1) is 17.8 Å². The highest BCUT2D eigenvalue weighted by Crippen LogP contribution is 2.56. The number of hydrogen-bond donors (Lipinski definition) is 2. The molecule has 3 amide bonds. The predicted octanol–water partition coefficient (Wildman–Crippen LogP) is 1.96. The molecule has 0 aromatic carbocycles. The molecule has 0 unspecified atom stereocenters. The van der Waals surface area contributed by atoms with E-state index < -0.39 is 47.7 Å². The van der Waals surface area contributed by atoms with Crippen LogP contribution in [-0.4, -0.2) is 94.7 Å². The molecule has 4 rings (SSSR count). The lowest BCUT2D eigenvalue weighted by Gasteiger charge is -2.39. The number of ether oxygens (including phenoxy) is 2. The van der Waals surface area contributed by atoms with Crippen molar-refractivity contribution in [2.45, 2.75) is 96.1 Å². The first-order chi connectivity index (χ1) is 19.1. The lowest BCUT2D eigenvalue weighted by molar-refractivity contribution is -0.159. The molecule has 40 heavy (non-hydrogen) atoms. The molecule has 4 aliphatic heterocycles. The number of nitrogens with zero attached hydrogens (tertiary/aromatic N) is 2. The maximum Gasteiger partial charge on any atom is 0.313 e. The summed E-state index contributed by atoms with van der Waals surface area (Å²) in [7, 11) is 0. The highest BCUT2D eigenvalue weighted by Gasteiger charge is 2.74. The molecule has 5 bridgehead atoms. The van der Waals surface area contributed by atoms with Crippen molar-refractivity contribution < 1.29 is 33.8 Å². The van der Waals surface area contributed by atoms with Gasteiger partial charge in [-0.05, 0) is 32.1 Å². The van der Waals surface area contributed by atoms with Crippen LogP contribution in [0.3, 0.4) is 0 Å². The van der Waals surface area contributed by atoms with Crippen LogP contribution in [0.2, 0.25) is 0 Å². The SMILES string of the molecule is CCCCCN1C/C=C\CCC(=O)NC[C@H](C)OC(=O)[C@@H]2[C@H]3C(=O)N([C@@H](CO)CC(C)C)[C@H](C1=O)[C@]31C=C[C@H]2O1. The summed E-state index contributed by atoms with van der Waals surface area (Å²) >= 11 is 0. The third kappa shape index (κ3) is 5.84. The highest BCUT2D eigenvalue weighted by atomic mass is 16.6. The molecule has 10 heteroatoms. The number of cyclic esters (lactones) is 1. The molecule has 0 radical (unpaired) electrons. The number of amides is 3. The minimum absolute atomic E-state index is 0.150. The first kappa shape index (κ1) is 30.2. The van der Waals surface area contributed by atoms with E-state index in [1.165, 1.54) is 4.90 Å². The molecule has 1 spiro atoms. The maximum atomic E-state index is 14.5. The quantitative estimate of drug-likeness (QED) is 0.265. The fraction of sp³-hybridized carbons (Fsp3) is 0.733. The molecule has 0 aromatic rings.